The predicted octanol–water partition coefficient (Wildman–Crippen LogP) is 2.33. The number of hydrogen-bond donors (Lipinski definition) is 2. The number of hydrogen-bond acceptors (Lipinski definition) is 4. The first kappa shape index (κ1) is 13.4. The highest BCUT2D eigenvalue weighted by molar-refractivity contribution is 7.80. The Morgan fingerprint density at radius 3 is 2.63 bits per heavy atom. The van der Waals surface area contributed by atoms with E-state index in [0.717, 1.165) is 6.54 Å². The van der Waals surface area contributed by atoms with Crippen molar-refractivity contribution in [2.24, 2.45) is 5.73 Å². The van der Waals surface area contributed by atoms with Gasteiger partial charge in [0.25, 0.3) is 0 Å². The van der Waals surface area contributed by atoms with Gasteiger partial charge in [0.05, 0.1) is 0 Å². The first-order valence-electron chi connectivity index (χ1n) is 6.08. The van der Waals surface area contributed by atoms with E-state index in [9.17, 15) is 0 Å². The number of nitrogens with one attached hydrogen (secondary N) is 1. The van der Waals surface area contributed by atoms with Crippen LogP contribution in [0.1, 0.15) is 24.1 Å². The maximum atomic E-state index is 5.62. The van der Waals surface area contributed by atoms with Crippen LogP contribution in [0.15, 0.2) is 42.7 Å². The third-order valence-corrected chi connectivity index (χ3v) is 3.07. The summed E-state index contributed by atoms with van der Waals surface area (Å²) in [5.74, 6) is 1.00. The Morgan fingerprint density at radius 2 is 1.95 bits per heavy atom. The molecule has 1 aromatic carbocycles. The number of anilines is 1. The van der Waals surface area contributed by atoms with Crippen LogP contribution >= 0.6 is 12.2 Å². The van der Waals surface area contributed by atoms with Crippen LogP contribution in [0.4, 0.5) is 5.82 Å². The molecule has 2 rings (SSSR count). The first-order valence-corrected chi connectivity index (χ1v) is 6.49. The van der Waals surface area contributed by atoms with Crippen molar-refractivity contribution in [2.75, 3.05) is 11.9 Å². The summed E-state index contributed by atoms with van der Waals surface area (Å²) in [6, 6.07) is 10.3. The summed E-state index contributed by atoms with van der Waals surface area (Å²) in [7, 11) is 0. The third kappa shape index (κ3) is 3.48. The maximum absolute atomic E-state index is 5.62. The summed E-state index contributed by atoms with van der Waals surface area (Å²) in [6.07, 6.45) is 3.21. The molecule has 1 atom stereocenters. The first-order chi connectivity index (χ1) is 9.18. The van der Waals surface area contributed by atoms with E-state index in [-0.39, 0.29) is 4.99 Å². The summed E-state index contributed by atoms with van der Waals surface area (Å²) in [5, 5.41) is 3.25. The van der Waals surface area contributed by atoms with Gasteiger partial charge in [-0.3, -0.25) is 0 Å². The highest BCUT2D eigenvalue weighted by Gasteiger charge is 2.10. The van der Waals surface area contributed by atoms with Crippen LogP contribution in [0.3, 0.4) is 0 Å². The summed E-state index contributed by atoms with van der Waals surface area (Å²) in [4.78, 5) is 8.61. The molecule has 0 aliphatic heterocycles. The number of benzene rings is 1. The van der Waals surface area contributed by atoms with Crippen LogP contribution in [-0.2, 0) is 0 Å². The highest BCUT2D eigenvalue weighted by Crippen LogP contribution is 2.16. The topological polar surface area (TPSA) is 63.8 Å². The Labute approximate surface area is 118 Å². The minimum Gasteiger partial charge on any atom is -0.388 e. The van der Waals surface area contributed by atoms with Crippen molar-refractivity contribution in [1.29, 1.82) is 0 Å². The molecule has 0 amide bonds. The fraction of sp³-hybridized carbons (Fsp3) is 0.214. The summed E-state index contributed by atoms with van der Waals surface area (Å²) in [6.45, 7) is 2.90. The Morgan fingerprint density at radius 1 is 1.26 bits per heavy atom. The molecule has 1 heterocycles. The monoisotopic (exact) mass is 272 g/mol. The molecule has 0 radical (unpaired) electrons. The number of thiocarbonyl (C=S) groups is 1. The van der Waals surface area contributed by atoms with E-state index in [1.807, 2.05) is 18.2 Å². The smallest absolute Gasteiger partial charge is 0.155 e. The third-order valence-electron chi connectivity index (χ3n) is 2.88. The van der Waals surface area contributed by atoms with Gasteiger partial charge < -0.3 is 11.1 Å². The lowest BCUT2D eigenvalue weighted by Crippen LogP contribution is -2.18. The van der Waals surface area contributed by atoms with Crippen molar-refractivity contribution in [2.45, 2.75) is 12.8 Å². The Hall–Kier alpha value is -2.01. The van der Waals surface area contributed by atoms with Gasteiger partial charge in [-0.15, -0.1) is 0 Å². The summed E-state index contributed by atoms with van der Waals surface area (Å²) >= 11 is 4.96. The molecule has 1 unspecified atom stereocenters. The van der Waals surface area contributed by atoms with Gasteiger partial charge in [-0.2, -0.15) is 0 Å². The molecule has 0 aliphatic carbocycles. The molecule has 2 aromatic rings. The van der Waals surface area contributed by atoms with Gasteiger partial charge in [-0.25, -0.2) is 9.97 Å². The van der Waals surface area contributed by atoms with E-state index in [0.29, 0.717) is 17.4 Å². The lowest BCUT2D eigenvalue weighted by molar-refractivity contribution is 0.800. The van der Waals surface area contributed by atoms with Crippen LogP contribution < -0.4 is 11.1 Å². The van der Waals surface area contributed by atoms with E-state index in [2.05, 4.69) is 34.3 Å². The van der Waals surface area contributed by atoms with Crippen LogP contribution in [0, 0.1) is 0 Å². The van der Waals surface area contributed by atoms with Gasteiger partial charge in [0.2, 0.25) is 0 Å². The molecule has 3 N–H and O–H groups in total. The molecule has 0 aliphatic rings. The zero-order valence-corrected chi connectivity index (χ0v) is 11.5. The number of rotatable bonds is 5. The standard InChI is InChI=1S/C14H16N4S/c1-10(11-5-3-2-4-6-11)9-18-14-12(13(15)19)16-7-8-17-14/h2-8,10H,9H2,1H3,(H2,15,19)(H,17,18). The van der Waals surface area contributed by atoms with Crippen molar-refractivity contribution in [1.82, 2.24) is 9.97 Å². The minimum atomic E-state index is 0.253. The molecule has 4 nitrogen and oxygen atoms in total. The number of nitrogens with two attached hydrogens (primary N) is 1. The highest BCUT2D eigenvalue weighted by atomic mass is 32.1. The van der Waals surface area contributed by atoms with E-state index >= 15 is 0 Å². The van der Waals surface area contributed by atoms with Gasteiger partial charge in [0.1, 0.15) is 10.7 Å². The van der Waals surface area contributed by atoms with Crippen LogP contribution in [0.2, 0.25) is 0 Å². The molecule has 0 spiro atoms. The van der Waals surface area contributed by atoms with E-state index in [1.165, 1.54) is 5.56 Å². The molecule has 0 fully saturated rings. The predicted molar refractivity (Wildman–Crippen MR) is 81.3 cm³/mol. The average Bonchev–Trinajstić information content (AvgIpc) is 2.46. The lowest BCUT2D eigenvalue weighted by Gasteiger charge is -2.14. The second-order valence-electron chi connectivity index (χ2n) is 4.31. The Kier molecular flexibility index (Phi) is 4.41. The second kappa shape index (κ2) is 6.24. The maximum Gasteiger partial charge on any atom is 0.155 e. The lowest BCUT2D eigenvalue weighted by atomic mass is 10.0. The quantitative estimate of drug-likeness (QED) is 0.818. The molecule has 0 saturated heterocycles. The SMILES string of the molecule is CC(CNc1nccnc1C(N)=S)c1ccccc1. The Balaban J connectivity index is 2.05. The van der Waals surface area contributed by atoms with Gasteiger partial charge in [-0.1, -0.05) is 49.5 Å². The van der Waals surface area contributed by atoms with Gasteiger partial charge in [-0.05, 0) is 11.5 Å². The fourth-order valence-electron chi connectivity index (χ4n) is 1.80. The minimum absolute atomic E-state index is 0.253. The van der Waals surface area contributed by atoms with Crippen molar-refractivity contribution < 1.29 is 0 Å². The van der Waals surface area contributed by atoms with Crippen LogP contribution in [0.25, 0.3) is 0 Å². The van der Waals surface area contributed by atoms with Crippen molar-refractivity contribution >= 4 is 23.0 Å². The molecule has 5 heteroatoms. The van der Waals surface area contributed by atoms with E-state index < -0.39 is 0 Å². The molecular formula is C14H16N4S. The van der Waals surface area contributed by atoms with Crippen molar-refractivity contribution in [3.8, 4) is 0 Å². The average molecular weight is 272 g/mol. The van der Waals surface area contributed by atoms with Crippen molar-refractivity contribution in [3.05, 3.63) is 54.0 Å². The largest absolute Gasteiger partial charge is 0.388 e. The van der Waals surface area contributed by atoms with Crippen LogP contribution in [-0.4, -0.2) is 21.5 Å². The van der Waals surface area contributed by atoms with E-state index in [4.69, 9.17) is 18.0 Å². The van der Waals surface area contributed by atoms with E-state index in [1.54, 1.807) is 12.4 Å². The van der Waals surface area contributed by atoms with Crippen molar-refractivity contribution in [3.63, 3.8) is 0 Å². The number of nitrogens with zero attached hydrogens (tertiary/aromatic N) is 2. The summed E-state index contributed by atoms with van der Waals surface area (Å²) in [5.41, 5.74) is 7.43. The summed E-state index contributed by atoms with van der Waals surface area (Å²) < 4.78 is 0. The van der Waals surface area contributed by atoms with Gasteiger partial charge in [0.15, 0.2) is 5.82 Å². The molecule has 1 aromatic heterocycles. The normalized spacial score (nSPS) is 11.8. The molecular weight excluding hydrogens is 256 g/mol. The number of aromatic nitrogens is 2. The second-order valence-corrected chi connectivity index (χ2v) is 4.75. The Bertz CT molecular complexity index is 556. The molecule has 98 valence electrons. The zero-order valence-electron chi connectivity index (χ0n) is 10.7. The van der Waals surface area contributed by atoms with Crippen LogP contribution in [0.5, 0.6) is 0 Å². The zero-order chi connectivity index (χ0) is 13.7. The molecule has 0 saturated carbocycles. The van der Waals surface area contributed by atoms with Gasteiger partial charge in [0, 0.05) is 18.9 Å². The molecule has 0 bridgehead atoms. The molecule has 19 heavy (non-hydrogen) atoms. The fourth-order valence-corrected chi connectivity index (χ4v) is 1.95. The van der Waals surface area contributed by atoms with Gasteiger partial charge >= 0.3 is 0 Å².